The first-order valence-electron chi connectivity index (χ1n) is 8.73. The van der Waals surface area contributed by atoms with Gasteiger partial charge < -0.3 is 10.6 Å². The average Bonchev–Trinajstić information content (AvgIpc) is 3.03. The summed E-state index contributed by atoms with van der Waals surface area (Å²) in [5.74, 6) is 0.932. The molecule has 0 radical (unpaired) electrons. The Morgan fingerprint density at radius 1 is 1.31 bits per heavy atom. The van der Waals surface area contributed by atoms with Crippen LogP contribution in [0.15, 0.2) is 24.3 Å². The van der Waals surface area contributed by atoms with Gasteiger partial charge in [-0.3, -0.25) is 19.6 Å². The van der Waals surface area contributed by atoms with Crippen LogP contribution in [0.5, 0.6) is 0 Å². The van der Waals surface area contributed by atoms with Crippen molar-refractivity contribution in [1.29, 1.82) is 0 Å². The van der Waals surface area contributed by atoms with E-state index in [9.17, 15) is 9.59 Å². The monoisotopic (exact) mass is 356 g/mol. The molecule has 8 nitrogen and oxygen atoms in total. The maximum atomic E-state index is 12.3. The fourth-order valence-electron chi connectivity index (χ4n) is 2.99. The number of hydrogen-bond acceptors (Lipinski definition) is 5. The highest BCUT2D eigenvalue weighted by molar-refractivity contribution is 5.88. The third-order valence-corrected chi connectivity index (χ3v) is 4.41. The standard InChI is InChI=1S/C18H24N6O2/c1-12-3-5-14(6-4-12)11-24-8-7-19-18(26)15(24)9-17(25)20-10-16-21-13(2)22-23-16/h3-6,15H,7-11H2,1-2H3,(H,19,26)(H,20,25)(H,21,22,23). The zero-order valence-corrected chi connectivity index (χ0v) is 15.1. The Labute approximate surface area is 152 Å². The molecule has 8 heteroatoms. The predicted octanol–water partition coefficient (Wildman–Crippen LogP) is 0.428. The number of aromatic amines is 1. The number of nitrogens with one attached hydrogen (secondary N) is 3. The lowest BCUT2D eigenvalue weighted by Crippen LogP contribution is -2.56. The van der Waals surface area contributed by atoms with Crippen molar-refractivity contribution in [3.05, 3.63) is 47.0 Å². The molecule has 0 bridgehead atoms. The van der Waals surface area contributed by atoms with Gasteiger partial charge in [-0.1, -0.05) is 29.8 Å². The van der Waals surface area contributed by atoms with Crippen molar-refractivity contribution in [3.63, 3.8) is 0 Å². The summed E-state index contributed by atoms with van der Waals surface area (Å²) in [7, 11) is 0. The number of H-pyrrole nitrogens is 1. The number of aromatic nitrogens is 3. The van der Waals surface area contributed by atoms with Gasteiger partial charge in [0.25, 0.3) is 0 Å². The van der Waals surface area contributed by atoms with Crippen LogP contribution in [0.4, 0.5) is 0 Å². The molecule has 1 saturated heterocycles. The fraction of sp³-hybridized carbons (Fsp3) is 0.444. The Hall–Kier alpha value is -2.74. The zero-order valence-electron chi connectivity index (χ0n) is 15.1. The van der Waals surface area contributed by atoms with Gasteiger partial charge in [0.2, 0.25) is 11.8 Å². The molecule has 2 heterocycles. The van der Waals surface area contributed by atoms with E-state index < -0.39 is 6.04 Å². The van der Waals surface area contributed by atoms with Crippen LogP contribution in [-0.4, -0.2) is 51.0 Å². The van der Waals surface area contributed by atoms with Crippen molar-refractivity contribution < 1.29 is 9.59 Å². The maximum Gasteiger partial charge on any atom is 0.237 e. The Morgan fingerprint density at radius 3 is 2.77 bits per heavy atom. The Balaban J connectivity index is 1.59. The number of nitrogens with zero attached hydrogens (tertiary/aromatic N) is 3. The maximum absolute atomic E-state index is 12.3. The van der Waals surface area contributed by atoms with Crippen molar-refractivity contribution >= 4 is 11.8 Å². The van der Waals surface area contributed by atoms with Crippen molar-refractivity contribution in [2.75, 3.05) is 13.1 Å². The molecular formula is C18H24N6O2. The second-order valence-corrected chi connectivity index (χ2v) is 6.58. The highest BCUT2D eigenvalue weighted by Gasteiger charge is 2.31. The van der Waals surface area contributed by atoms with E-state index in [1.165, 1.54) is 5.56 Å². The summed E-state index contributed by atoms with van der Waals surface area (Å²) in [6.07, 6.45) is 0.112. The van der Waals surface area contributed by atoms with E-state index in [4.69, 9.17) is 0 Å². The van der Waals surface area contributed by atoms with E-state index in [-0.39, 0.29) is 24.8 Å². The number of benzene rings is 1. The van der Waals surface area contributed by atoms with Crippen molar-refractivity contribution in [1.82, 2.24) is 30.7 Å². The topological polar surface area (TPSA) is 103 Å². The van der Waals surface area contributed by atoms with E-state index >= 15 is 0 Å². The molecule has 0 saturated carbocycles. The summed E-state index contributed by atoms with van der Waals surface area (Å²) in [5.41, 5.74) is 2.33. The number of carbonyl (C=O) groups is 2. The Morgan fingerprint density at radius 2 is 2.08 bits per heavy atom. The van der Waals surface area contributed by atoms with Crippen LogP contribution in [0.25, 0.3) is 0 Å². The third kappa shape index (κ3) is 4.66. The largest absolute Gasteiger partial charge is 0.353 e. The minimum atomic E-state index is -0.473. The van der Waals surface area contributed by atoms with Crippen LogP contribution in [0.3, 0.4) is 0 Å². The number of carbonyl (C=O) groups excluding carboxylic acids is 2. The molecule has 3 rings (SSSR count). The Kier molecular flexibility index (Phi) is 5.62. The second kappa shape index (κ2) is 8.09. The average molecular weight is 356 g/mol. The molecule has 1 aliphatic rings. The fourth-order valence-corrected chi connectivity index (χ4v) is 2.99. The van der Waals surface area contributed by atoms with Gasteiger partial charge in [-0.05, 0) is 19.4 Å². The third-order valence-electron chi connectivity index (χ3n) is 4.41. The van der Waals surface area contributed by atoms with Crippen LogP contribution in [0.2, 0.25) is 0 Å². The molecule has 1 unspecified atom stereocenters. The van der Waals surface area contributed by atoms with E-state index in [1.807, 2.05) is 6.92 Å². The van der Waals surface area contributed by atoms with Gasteiger partial charge in [-0.2, -0.15) is 5.10 Å². The summed E-state index contributed by atoms with van der Waals surface area (Å²) in [6, 6.07) is 7.76. The highest BCUT2D eigenvalue weighted by Crippen LogP contribution is 2.14. The quantitative estimate of drug-likeness (QED) is 0.696. The van der Waals surface area contributed by atoms with E-state index in [0.29, 0.717) is 24.7 Å². The van der Waals surface area contributed by atoms with Gasteiger partial charge in [-0.15, -0.1) is 0 Å². The van der Waals surface area contributed by atoms with Gasteiger partial charge in [0.1, 0.15) is 5.82 Å². The molecule has 138 valence electrons. The van der Waals surface area contributed by atoms with Crippen molar-refractivity contribution in [3.8, 4) is 0 Å². The smallest absolute Gasteiger partial charge is 0.237 e. The van der Waals surface area contributed by atoms with E-state index in [0.717, 1.165) is 12.1 Å². The molecule has 1 atom stereocenters. The highest BCUT2D eigenvalue weighted by atomic mass is 16.2. The molecular weight excluding hydrogens is 332 g/mol. The number of piperazine rings is 1. The van der Waals surface area contributed by atoms with Gasteiger partial charge in [-0.25, -0.2) is 4.98 Å². The molecule has 1 aliphatic heterocycles. The normalized spacial score (nSPS) is 17.8. The predicted molar refractivity (Wildman–Crippen MR) is 96.0 cm³/mol. The van der Waals surface area contributed by atoms with E-state index in [1.54, 1.807) is 6.92 Å². The molecule has 0 aliphatic carbocycles. The first-order valence-corrected chi connectivity index (χ1v) is 8.73. The Bertz CT molecular complexity index is 770. The summed E-state index contributed by atoms with van der Waals surface area (Å²) in [6.45, 7) is 6.05. The lowest BCUT2D eigenvalue weighted by Gasteiger charge is -2.34. The van der Waals surface area contributed by atoms with Crippen LogP contribution in [0.1, 0.15) is 29.2 Å². The molecule has 0 spiro atoms. The molecule has 2 amide bonds. The molecule has 1 aromatic heterocycles. The summed E-state index contributed by atoms with van der Waals surface area (Å²) in [4.78, 5) is 30.8. The summed E-state index contributed by atoms with van der Waals surface area (Å²) >= 11 is 0. The van der Waals surface area contributed by atoms with Crippen molar-refractivity contribution in [2.24, 2.45) is 0 Å². The molecule has 2 aromatic rings. The van der Waals surface area contributed by atoms with Crippen LogP contribution < -0.4 is 10.6 Å². The lowest BCUT2D eigenvalue weighted by atomic mass is 10.1. The molecule has 3 N–H and O–H groups in total. The number of amides is 2. The number of aryl methyl sites for hydroxylation is 2. The van der Waals surface area contributed by atoms with E-state index in [2.05, 4.69) is 55.0 Å². The second-order valence-electron chi connectivity index (χ2n) is 6.58. The van der Waals surface area contributed by atoms with Crippen LogP contribution in [0, 0.1) is 13.8 Å². The zero-order chi connectivity index (χ0) is 18.5. The van der Waals surface area contributed by atoms with Gasteiger partial charge in [0.05, 0.1) is 19.0 Å². The van der Waals surface area contributed by atoms with Crippen LogP contribution >= 0.6 is 0 Å². The minimum absolute atomic E-state index is 0.104. The van der Waals surface area contributed by atoms with Gasteiger partial charge in [0, 0.05) is 19.6 Å². The van der Waals surface area contributed by atoms with Gasteiger partial charge >= 0.3 is 0 Å². The number of rotatable bonds is 6. The minimum Gasteiger partial charge on any atom is -0.353 e. The first kappa shape index (κ1) is 18.1. The number of hydrogen-bond donors (Lipinski definition) is 3. The van der Waals surface area contributed by atoms with Crippen molar-refractivity contribution in [2.45, 2.75) is 39.4 Å². The SMILES string of the molecule is Cc1ccc(CN2CCNC(=O)C2CC(=O)NCc2n[nH]c(C)n2)cc1. The van der Waals surface area contributed by atoms with Gasteiger partial charge in [0.15, 0.2) is 5.82 Å². The molecule has 26 heavy (non-hydrogen) atoms. The first-order chi connectivity index (χ1) is 12.5. The summed E-state index contributed by atoms with van der Waals surface area (Å²) in [5, 5.41) is 12.4. The molecule has 1 fully saturated rings. The lowest BCUT2D eigenvalue weighted by molar-refractivity contribution is -0.134. The molecule has 1 aromatic carbocycles. The van der Waals surface area contributed by atoms with Crippen LogP contribution in [-0.2, 0) is 22.7 Å². The summed E-state index contributed by atoms with van der Waals surface area (Å²) < 4.78 is 0.